The predicted molar refractivity (Wildman–Crippen MR) is 68.2 cm³/mol. The summed E-state index contributed by atoms with van der Waals surface area (Å²) >= 11 is 0. The Morgan fingerprint density at radius 1 is 1.61 bits per heavy atom. The SMILES string of the molecule is Cc1nc(S(=O)(=O)Cl)cn1CCCC1CCCO1. The quantitative estimate of drug-likeness (QED) is 0.780. The topological polar surface area (TPSA) is 61.2 Å². The third kappa shape index (κ3) is 3.46. The van der Waals surface area contributed by atoms with Crippen LogP contribution >= 0.6 is 10.7 Å². The molecule has 0 N–H and O–H groups in total. The maximum absolute atomic E-state index is 11.2. The van der Waals surface area contributed by atoms with Gasteiger partial charge in [0.25, 0.3) is 9.05 Å². The Morgan fingerprint density at radius 2 is 2.39 bits per heavy atom. The first-order valence-electron chi connectivity index (χ1n) is 6.07. The van der Waals surface area contributed by atoms with Crippen molar-refractivity contribution in [2.24, 2.45) is 0 Å². The molecule has 5 nitrogen and oxygen atoms in total. The zero-order valence-electron chi connectivity index (χ0n) is 10.3. The van der Waals surface area contributed by atoms with Crippen LogP contribution in [0.2, 0.25) is 0 Å². The number of aryl methyl sites for hydroxylation is 2. The standard InChI is InChI=1S/C11H17ClN2O3S/c1-9-13-11(18(12,15)16)8-14(9)6-2-4-10-5-3-7-17-10/h8,10H,2-7H2,1H3. The number of halogens is 1. The summed E-state index contributed by atoms with van der Waals surface area (Å²) in [6.45, 7) is 3.38. The first-order valence-corrected chi connectivity index (χ1v) is 8.38. The van der Waals surface area contributed by atoms with E-state index in [1.165, 1.54) is 6.20 Å². The number of imidazole rings is 1. The van der Waals surface area contributed by atoms with Crippen molar-refractivity contribution in [2.45, 2.75) is 50.3 Å². The summed E-state index contributed by atoms with van der Waals surface area (Å²) in [7, 11) is 1.53. The normalized spacial score (nSPS) is 20.4. The van der Waals surface area contributed by atoms with Gasteiger partial charge in [-0.05, 0) is 32.6 Å². The molecule has 102 valence electrons. The van der Waals surface area contributed by atoms with Crippen molar-refractivity contribution in [3.05, 3.63) is 12.0 Å². The number of hydrogen-bond acceptors (Lipinski definition) is 4. The van der Waals surface area contributed by atoms with Crippen LogP contribution in [0, 0.1) is 6.92 Å². The van der Waals surface area contributed by atoms with Gasteiger partial charge in [-0.3, -0.25) is 0 Å². The fraction of sp³-hybridized carbons (Fsp3) is 0.727. The fourth-order valence-corrected chi connectivity index (χ4v) is 2.90. The van der Waals surface area contributed by atoms with E-state index in [0.717, 1.165) is 38.8 Å². The molecule has 0 saturated carbocycles. The van der Waals surface area contributed by atoms with Crippen LogP contribution in [0.4, 0.5) is 0 Å². The number of nitrogens with zero attached hydrogens (tertiary/aromatic N) is 2. The summed E-state index contributed by atoms with van der Waals surface area (Å²) in [5, 5.41) is -0.0706. The van der Waals surface area contributed by atoms with Crippen molar-refractivity contribution in [3.63, 3.8) is 0 Å². The number of rotatable bonds is 5. The summed E-state index contributed by atoms with van der Waals surface area (Å²) in [5.74, 6) is 0.668. The second-order valence-electron chi connectivity index (χ2n) is 4.53. The average Bonchev–Trinajstić information content (AvgIpc) is 2.88. The molecule has 0 bridgehead atoms. The summed E-state index contributed by atoms with van der Waals surface area (Å²) in [4.78, 5) is 3.94. The van der Waals surface area contributed by atoms with E-state index in [9.17, 15) is 8.42 Å². The zero-order chi connectivity index (χ0) is 13.2. The molecule has 2 rings (SSSR count). The highest BCUT2D eigenvalue weighted by atomic mass is 35.7. The third-order valence-corrected chi connectivity index (χ3v) is 4.32. The number of ether oxygens (including phenoxy) is 1. The Balaban J connectivity index is 1.91. The van der Waals surface area contributed by atoms with Crippen molar-refractivity contribution in [2.75, 3.05) is 6.61 Å². The molecule has 1 aromatic heterocycles. The highest BCUT2D eigenvalue weighted by molar-refractivity contribution is 8.13. The summed E-state index contributed by atoms with van der Waals surface area (Å²) < 4.78 is 29.7. The summed E-state index contributed by atoms with van der Waals surface area (Å²) in [6.07, 6.45) is 6.08. The van der Waals surface area contributed by atoms with E-state index in [0.29, 0.717) is 11.9 Å². The van der Waals surface area contributed by atoms with Crippen LogP contribution in [0.15, 0.2) is 11.2 Å². The first-order chi connectivity index (χ1) is 8.47. The van der Waals surface area contributed by atoms with Crippen molar-refractivity contribution >= 4 is 19.7 Å². The van der Waals surface area contributed by atoms with Gasteiger partial charge in [0.1, 0.15) is 5.82 Å². The smallest absolute Gasteiger partial charge is 0.280 e. The minimum Gasteiger partial charge on any atom is -0.378 e. The lowest BCUT2D eigenvalue weighted by atomic mass is 10.1. The Morgan fingerprint density at radius 3 is 2.94 bits per heavy atom. The number of hydrogen-bond donors (Lipinski definition) is 0. The molecule has 1 unspecified atom stereocenters. The highest BCUT2D eigenvalue weighted by Crippen LogP contribution is 2.18. The van der Waals surface area contributed by atoms with E-state index in [1.807, 2.05) is 4.57 Å². The van der Waals surface area contributed by atoms with E-state index >= 15 is 0 Å². The molecule has 2 heterocycles. The van der Waals surface area contributed by atoms with Gasteiger partial charge in [0.2, 0.25) is 0 Å². The van der Waals surface area contributed by atoms with Gasteiger partial charge in [0, 0.05) is 30.0 Å². The lowest BCUT2D eigenvalue weighted by molar-refractivity contribution is 0.101. The van der Waals surface area contributed by atoms with Crippen LogP contribution in [0.5, 0.6) is 0 Å². The summed E-state index contributed by atoms with van der Waals surface area (Å²) in [6, 6.07) is 0. The van der Waals surface area contributed by atoms with Gasteiger partial charge in [-0.1, -0.05) is 0 Å². The molecule has 1 atom stereocenters. The Hall–Kier alpha value is -0.590. The van der Waals surface area contributed by atoms with Crippen LogP contribution in [-0.2, 0) is 20.3 Å². The largest absolute Gasteiger partial charge is 0.378 e. The molecule has 0 radical (unpaired) electrons. The third-order valence-electron chi connectivity index (χ3n) is 3.15. The Kier molecular flexibility index (Phi) is 4.29. The molecule has 0 aromatic carbocycles. The van der Waals surface area contributed by atoms with E-state index < -0.39 is 9.05 Å². The lowest BCUT2D eigenvalue weighted by Crippen LogP contribution is -2.07. The van der Waals surface area contributed by atoms with Crippen LogP contribution < -0.4 is 0 Å². The second-order valence-corrected chi connectivity index (χ2v) is 7.05. The van der Waals surface area contributed by atoms with E-state index in [1.54, 1.807) is 6.92 Å². The number of aromatic nitrogens is 2. The highest BCUT2D eigenvalue weighted by Gasteiger charge is 2.17. The molecule has 1 aliphatic heterocycles. The van der Waals surface area contributed by atoms with E-state index in [2.05, 4.69) is 4.98 Å². The monoisotopic (exact) mass is 292 g/mol. The molecular formula is C11H17ClN2O3S. The molecule has 1 aromatic rings. The molecule has 1 aliphatic rings. The first kappa shape index (κ1) is 13.8. The fourth-order valence-electron chi connectivity index (χ4n) is 2.18. The molecule has 7 heteroatoms. The maximum Gasteiger partial charge on any atom is 0.280 e. The van der Waals surface area contributed by atoms with Gasteiger partial charge in [-0.25, -0.2) is 13.4 Å². The average molecular weight is 293 g/mol. The lowest BCUT2D eigenvalue weighted by Gasteiger charge is -2.09. The molecule has 1 fully saturated rings. The zero-order valence-corrected chi connectivity index (χ0v) is 11.9. The minimum absolute atomic E-state index is 0.0706. The molecule has 0 spiro atoms. The van der Waals surface area contributed by atoms with E-state index in [-0.39, 0.29) is 5.03 Å². The van der Waals surface area contributed by atoms with Crippen LogP contribution in [0.3, 0.4) is 0 Å². The van der Waals surface area contributed by atoms with Crippen molar-refractivity contribution in [1.29, 1.82) is 0 Å². The van der Waals surface area contributed by atoms with Crippen molar-refractivity contribution in [3.8, 4) is 0 Å². The predicted octanol–water partition coefficient (Wildman–Crippen LogP) is 2.08. The minimum atomic E-state index is -3.73. The Bertz CT molecular complexity index is 506. The van der Waals surface area contributed by atoms with Gasteiger partial charge in [-0.2, -0.15) is 0 Å². The van der Waals surface area contributed by atoms with Gasteiger partial charge in [0.15, 0.2) is 5.03 Å². The molecule has 1 saturated heterocycles. The molecule has 18 heavy (non-hydrogen) atoms. The molecule has 0 amide bonds. The van der Waals surface area contributed by atoms with E-state index in [4.69, 9.17) is 15.4 Å². The van der Waals surface area contributed by atoms with Gasteiger partial charge in [-0.15, -0.1) is 0 Å². The maximum atomic E-state index is 11.2. The van der Waals surface area contributed by atoms with Gasteiger partial charge in [0.05, 0.1) is 6.10 Å². The van der Waals surface area contributed by atoms with Crippen molar-refractivity contribution in [1.82, 2.24) is 9.55 Å². The summed E-state index contributed by atoms with van der Waals surface area (Å²) in [5.41, 5.74) is 0. The van der Waals surface area contributed by atoms with Crippen molar-refractivity contribution < 1.29 is 13.2 Å². The Labute approximate surface area is 112 Å². The molecular weight excluding hydrogens is 276 g/mol. The van der Waals surface area contributed by atoms with Crippen LogP contribution in [0.25, 0.3) is 0 Å². The van der Waals surface area contributed by atoms with Gasteiger partial charge < -0.3 is 9.30 Å². The van der Waals surface area contributed by atoms with Crippen LogP contribution in [0.1, 0.15) is 31.5 Å². The van der Waals surface area contributed by atoms with Crippen LogP contribution in [-0.4, -0.2) is 30.7 Å². The molecule has 0 aliphatic carbocycles. The second kappa shape index (κ2) is 5.59. The van der Waals surface area contributed by atoms with Gasteiger partial charge >= 0.3 is 0 Å².